The molecule has 1 aliphatic heterocycles. The van der Waals surface area contributed by atoms with E-state index in [9.17, 15) is 14.4 Å². The van der Waals surface area contributed by atoms with Crippen LogP contribution in [0.3, 0.4) is 0 Å². The Bertz CT molecular complexity index is 890. The van der Waals surface area contributed by atoms with E-state index in [2.05, 4.69) is 16.0 Å². The quantitative estimate of drug-likeness (QED) is 0.838. The zero-order valence-corrected chi connectivity index (χ0v) is 15.7. The van der Waals surface area contributed by atoms with Crippen molar-refractivity contribution in [3.63, 3.8) is 0 Å². The predicted octanol–water partition coefficient (Wildman–Crippen LogP) is 2.99. The third kappa shape index (κ3) is 4.43. The molecule has 5 nitrogen and oxygen atoms in total. The van der Waals surface area contributed by atoms with Gasteiger partial charge in [0.1, 0.15) is 17.7 Å². The molecular formula is C21H23FN4O. The van der Waals surface area contributed by atoms with Crippen LogP contribution >= 0.6 is 0 Å². The van der Waals surface area contributed by atoms with Crippen LogP contribution in [-0.2, 0) is 11.2 Å². The molecular weight excluding hydrogens is 343 g/mol. The largest absolute Gasteiger partial charge is 0.354 e. The number of anilines is 1. The highest BCUT2D eigenvalue weighted by Gasteiger charge is 2.22. The van der Waals surface area contributed by atoms with Crippen LogP contribution in [0.1, 0.15) is 28.8 Å². The summed E-state index contributed by atoms with van der Waals surface area (Å²) in [6.07, 6.45) is 0.997. The number of aryl methyl sites for hydroxylation is 2. The average molecular weight is 366 g/mol. The molecule has 2 heterocycles. The highest BCUT2D eigenvalue weighted by atomic mass is 19.1. The van der Waals surface area contributed by atoms with E-state index in [0.29, 0.717) is 36.6 Å². The molecule has 1 saturated heterocycles. The normalized spacial score (nSPS) is 14.6. The number of aromatic nitrogens is 1. The van der Waals surface area contributed by atoms with Gasteiger partial charge in [-0.15, -0.1) is 0 Å². The SMILES string of the molecule is Cc1cc(C)c(C#N)c(N2CCCN(C(=O)Cc3cccc(F)c3)CC2)n1. The van der Waals surface area contributed by atoms with E-state index in [1.54, 1.807) is 12.1 Å². The fourth-order valence-electron chi connectivity index (χ4n) is 3.50. The number of nitrogens with zero attached hydrogens (tertiary/aromatic N) is 4. The van der Waals surface area contributed by atoms with Crippen molar-refractivity contribution in [1.82, 2.24) is 9.88 Å². The Labute approximate surface area is 159 Å². The summed E-state index contributed by atoms with van der Waals surface area (Å²) < 4.78 is 13.3. The van der Waals surface area contributed by atoms with Gasteiger partial charge in [0.15, 0.2) is 0 Å². The molecule has 1 fully saturated rings. The first-order chi connectivity index (χ1) is 13.0. The summed E-state index contributed by atoms with van der Waals surface area (Å²) in [7, 11) is 0. The van der Waals surface area contributed by atoms with Gasteiger partial charge in [-0.1, -0.05) is 12.1 Å². The van der Waals surface area contributed by atoms with Crippen LogP contribution < -0.4 is 4.90 Å². The fraction of sp³-hybridized carbons (Fsp3) is 0.381. The lowest BCUT2D eigenvalue weighted by Crippen LogP contribution is -2.36. The van der Waals surface area contributed by atoms with E-state index in [-0.39, 0.29) is 18.1 Å². The van der Waals surface area contributed by atoms with Crippen LogP contribution in [0.15, 0.2) is 30.3 Å². The maximum absolute atomic E-state index is 13.3. The number of pyridine rings is 1. The van der Waals surface area contributed by atoms with Gasteiger partial charge in [0.2, 0.25) is 5.91 Å². The zero-order chi connectivity index (χ0) is 19.4. The van der Waals surface area contributed by atoms with E-state index < -0.39 is 0 Å². The summed E-state index contributed by atoms with van der Waals surface area (Å²) in [5, 5.41) is 9.51. The first-order valence-electron chi connectivity index (χ1n) is 9.13. The van der Waals surface area contributed by atoms with E-state index in [4.69, 9.17) is 0 Å². The van der Waals surface area contributed by atoms with Crippen LogP contribution in [0, 0.1) is 31.0 Å². The lowest BCUT2D eigenvalue weighted by Gasteiger charge is -2.24. The van der Waals surface area contributed by atoms with Crippen molar-refractivity contribution in [2.45, 2.75) is 26.7 Å². The molecule has 1 aromatic heterocycles. The van der Waals surface area contributed by atoms with Gasteiger partial charge in [-0.25, -0.2) is 9.37 Å². The molecule has 1 aliphatic rings. The summed E-state index contributed by atoms with van der Waals surface area (Å²) in [6.45, 7) is 6.42. The molecule has 140 valence electrons. The third-order valence-corrected chi connectivity index (χ3v) is 4.83. The molecule has 0 spiro atoms. The summed E-state index contributed by atoms with van der Waals surface area (Å²) in [5.41, 5.74) is 3.08. The minimum atomic E-state index is -0.327. The van der Waals surface area contributed by atoms with Gasteiger partial charge >= 0.3 is 0 Å². The number of hydrogen-bond donors (Lipinski definition) is 0. The molecule has 0 bridgehead atoms. The average Bonchev–Trinajstić information content (AvgIpc) is 2.87. The Hall–Kier alpha value is -2.94. The number of benzene rings is 1. The number of amides is 1. The monoisotopic (exact) mass is 366 g/mol. The lowest BCUT2D eigenvalue weighted by atomic mass is 10.1. The smallest absolute Gasteiger partial charge is 0.227 e. The minimum Gasteiger partial charge on any atom is -0.354 e. The molecule has 0 unspecified atom stereocenters. The Morgan fingerprint density at radius 2 is 2.04 bits per heavy atom. The molecule has 0 N–H and O–H groups in total. The molecule has 0 aliphatic carbocycles. The van der Waals surface area contributed by atoms with Crippen LogP contribution in [0.25, 0.3) is 0 Å². The third-order valence-electron chi connectivity index (χ3n) is 4.83. The number of hydrogen-bond acceptors (Lipinski definition) is 4. The second-order valence-corrected chi connectivity index (χ2v) is 6.92. The summed E-state index contributed by atoms with van der Waals surface area (Å²) in [5.74, 6) is 0.373. The number of nitriles is 1. The van der Waals surface area contributed by atoms with Gasteiger partial charge in [-0.3, -0.25) is 4.79 Å². The minimum absolute atomic E-state index is 0.00339. The summed E-state index contributed by atoms with van der Waals surface area (Å²) in [4.78, 5) is 21.1. The van der Waals surface area contributed by atoms with Crippen LogP contribution in [-0.4, -0.2) is 42.0 Å². The summed E-state index contributed by atoms with van der Waals surface area (Å²) in [6, 6.07) is 10.3. The zero-order valence-electron chi connectivity index (χ0n) is 15.7. The van der Waals surface area contributed by atoms with Gasteiger partial charge in [0, 0.05) is 31.9 Å². The van der Waals surface area contributed by atoms with Gasteiger partial charge in [0.05, 0.1) is 12.0 Å². The Morgan fingerprint density at radius 1 is 1.22 bits per heavy atom. The standard InChI is InChI=1S/C21H23FN4O/c1-15-11-16(2)24-21(19(15)14-23)26-8-4-7-25(9-10-26)20(27)13-17-5-3-6-18(22)12-17/h3,5-6,11-12H,4,7-10,13H2,1-2H3. The second-order valence-electron chi connectivity index (χ2n) is 6.92. The van der Waals surface area contributed by atoms with Gasteiger partial charge < -0.3 is 9.80 Å². The second kappa shape index (κ2) is 8.17. The molecule has 0 saturated carbocycles. The highest BCUT2D eigenvalue weighted by molar-refractivity contribution is 5.79. The number of carbonyl (C=O) groups excluding carboxylic acids is 1. The Balaban J connectivity index is 1.71. The van der Waals surface area contributed by atoms with Gasteiger partial charge in [-0.2, -0.15) is 5.26 Å². The first kappa shape index (κ1) is 18.8. The van der Waals surface area contributed by atoms with Crippen LogP contribution in [0.2, 0.25) is 0 Å². The molecule has 6 heteroatoms. The maximum atomic E-state index is 13.3. The molecule has 2 aromatic rings. The first-order valence-corrected chi connectivity index (χ1v) is 9.13. The van der Waals surface area contributed by atoms with Crippen molar-refractivity contribution in [3.8, 4) is 6.07 Å². The molecule has 3 rings (SSSR count). The Kier molecular flexibility index (Phi) is 5.70. The van der Waals surface area contributed by atoms with Crippen molar-refractivity contribution in [1.29, 1.82) is 5.26 Å². The van der Waals surface area contributed by atoms with E-state index in [1.807, 2.05) is 24.8 Å². The van der Waals surface area contributed by atoms with Gasteiger partial charge in [0.25, 0.3) is 0 Å². The number of halogens is 1. The molecule has 1 amide bonds. The molecule has 0 atom stereocenters. The molecule has 0 radical (unpaired) electrons. The van der Waals surface area contributed by atoms with Crippen molar-refractivity contribution in [2.24, 2.45) is 0 Å². The summed E-state index contributed by atoms with van der Waals surface area (Å²) >= 11 is 0. The Morgan fingerprint density at radius 3 is 2.78 bits per heavy atom. The number of rotatable bonds is 3. The van der Waals surface area contributed by atoms with E-state index in [1.165, 1.54) is 12.1 Å². The predicted molar refractivity (Wildman–Crippen MR) is 102 cm³/mol. The van der Waals surface area contributed by atoms with E-state index in [0.717, 1.165) is 24.2 Å². The van der Waals surface area contributed by atoms with Gasteiger partial charge in [-0.05, 0) is 49.6 Å². The lowest BCUT2D eigenvalue weighted by molar-refractivity contribution is -0.130. The van der Waals surface area contributed by atoms with Crippen molar-refractivity contribution in [2.75, 3.05) is 31.1 Å². The molecule has 27 heavy (non-hydrogen) atoms. The van der Waals surface area contributed by atoms with Crippen LogP contribution in [0.5, 0.6) is 0 Å². The van der Waals surface area contributed by atoms with Crippen molar-refractivity contribution < 1.29 is 9.18 Å². The van der Waals surface area contributed by atoms with Crippen LogP contribution in [0.4, 0.5) is 10.2 Å². The maximum Gasteiger partial charge on any atom is 0.227 e. The molecule has 1 aromatic carbocycles. The topological polar surface area (TPSA) is 60.2 Å². The van der Waals surface area contributed by atoms with Crippen molar-refractivity contribution >= 4 is 11.7 Å². The number of carbonyl (C=O) groups is 1. The fourth-order valence-corrected chi connectivity index (χ4v) is 3.50. The van der Waals surface area contributed by atoms with Crippen molar-refractivity contribution in [3.05, 3.63) is 58.5 Å². The van der Waals surface area contributed by atoms with E-state index >= 15 is 0 Å². The highest BCUT2D eigenvalue weighted by Crippen LogP contribution is 2.23.